The van der Waals surface area contributed by atoms with Gasteiger partial charge in [0.25, 0.3) is 0 Å². The van der Waals surface area contributed by atoms with E-state index in [1.54, 1.807) is 45.3 Å². The third-order valence-electron chi connectivity index (χ3n) is 9.08. The molecule has 8 aromatic heterocycles. The van der Waals surface area contributed by atoms with Crippen molar-refractivity contribution in [3.63, 3.8) is 0 Å². The van der Waals surface area contributed by atoms with E-state index in [-0.39, 0.29) is 27.5 Å². The van der Waals surface area contributed by atoms with Crippen molar-refractivity contribution in [3.8, 4) is 42.3 Å². The van der Waals surface area contributed by atoms with E-state index in [9.17, 15) is 0 Å². The monoisotopic (exact) mass is 1050 g/mol. The Labute approximate surface area is 391 Å². The second-order valence-corrected chi connectivity index (χ2v) is 17.4. The Morgan fingerprint density at radius 3 is 0.984 bits per heavy atom. The summed E-state index contributed by atoms with van der Waals surface area (Å²) in [5.74, 6) is 0. The Morgan fingerprint density at radius 1 is 0.323 bits per heavy atom. The van der Waals surface area contributed by atoms with Gasteiger partial charge >= 0.3 is 20.1 Å². The number of pyridine rings is 4. The number of thiophene rings is 4. The maximum Gasteiger partial charge on any atom is 3.00 e. The van der Waals surface area contributed by atoms with Gasteiger partial charge in [-0.15, -0.1) is 82.1 Å². The smallest absolute Gasteiger partial charge is 0.303 e. The topological polar surface area (TPSA) is 51.6 Å². The molecular weight excluding hydrogens is 1010 g/mol. The molecule has 0 amide bonds. The van der Waals surface area contributed by atoms with Gasteiger partial charge in [-0.05, 0) is 76.6 Å². The summed E-state index contributed by atoms with van der Waals surface area (Å²) in [7, 11) is 0. The Kier molecular flexibility index (Phi) is 15.4. The van der Waals surface area contributed by atoms with Crippen molar-refractivity contribution < 1.29 is 20.1 Å². The zero-order chi connectivity index (χ0) is 40.4. The molecule has 0 saturated carbocycles. The predicted octanol–water partition coefficient (Wildman–Crippen LogP) is 15.9. The minimum absolute atomic E-state index is 0. The summed E-state index contributed by atoms with van der Waals surface area (Å²) >= 11 is 6.98. The van der Waals surface area contributed by atoms with Crippen LogP contribution in [0.2, 0.25) is 0 Å². The summed E-state index contributed by atoms with van der Waals surface area (Å²) in [5.41, 5.74) is 4.05. The molecule has 0 atom stereocenters. The summed E-state index contributed by atoms with van der Waals surface area (Å²) in [6, 6.07) is 69.4. The van der Waals surface area contributed by atoms with Gasteiger partial charge in [0, 0.05) is 46.6 Å². The van der Waals surface area contributed by atoms with Gasteiger partial charge in [0.15, 0.2) is 0 Å². The molecule has 0 unspecified atom stereocenters. The zero-order valence-electron chi connectivity index (χ0n) is 32.3. The summed E-state index contributed by atoms with van der Waals surface area (Å²) in [6.45, 7) is 0. The van der Waals surface area contributed by atoms with Crippen LogP contribution in [0.5, 0.6) is 0 Å². The van der Waals surface area contributed by atoms with E-state index < -0.39 is 0 Å². The van der Waals surface area contributed by atoms with Crippen LogP contribution in [0, 0.1) is 18.2 Å². The van der Waals surface area contributed by atoms with Crippen LogP contribution >= 0.6 is 45.3 Å². The molecule has 0 spiro atoms. The maximum atomic E-state index is 4.35. The minimum Gasteiger partial charge on any atom is -0.303 e. The molecule has 0 N–H and O–H groups in total. The van der Waals surface area contributed by atoms with Gasteiger partial charge in [0.2, 0.25) is 0 Å². The third-order valence-corrected chi connectivity index (χ3v) is 13.5. The van der Waals surface area contributed by atoms with Crippen molar-refractivity contribution in [1.29, 1.82) is 0 Å². The van der Waals surface area contributed by atoms with E-state index in [1.807, 2.05) is 116 Å². The van der Waals surface area contributed by atoms with Crippen molar-refractivity contribution in [2.75, 3.05) is 0 Å². The Hall–Kier alpha value is -6.03. The molecule has 0 radical (unpaired) electrons. The standard InChI is InChI=1S/C13H9NS.3C13H8NS.CH4.Ir/c4*1-2-7-12-10(5-1)9-13(15-12)11-6-3-4-8-14-11;;/h1-9H;3*1-8H;1H4;/q;3*-1;;+3. The number of nitrogens with zero attached hydrogens (tertiary/aromatic N) is 4. The fraction of sp³-hybridized carbons (Fsp3) is 0.0189. The first-order chi connectivity index (χ1) is 29.7. The average molecular weight is 1050 g/mol. The Morgan fingerprint density at radius 2 is 0.645 bits per heavy atom. The molecule has 0 aliphatic carbocycles. The van der Waals surface area contributed by atoms with E-state index in [0.29, 0.717) is 0 Å². The summed E-state index contributed by atoms with van der Waals surface area (Å²) < 4.78 is 5.10. The van der Waals surface area contributed by atoms with Crippen LogP contribution in [0.3, 0.4) is 0 Å². The molecule has 4 nitrogen and oxygen atoms in total. The van der Waals surface area contributed by atoms with Gasteiger partial charge in [-0.25, -0.2) is 34.0 Å². The molecule has 4 aromatic carbocycles. The fourth-order valence-corrected chi connectivity index (χ4v) is 10.2. The molecule has 0 aliphatic heterocycles. The van der Waals surface area contributed by atoms with Gasteiger partial charge in [-0.1, -0.05) is 104 Å². The van der Waals surface area contributed by atoms with Gasteiger partial charge in [0.05, 0.1) is 10.6 Å². The normalized spacial score (nSPS) is 10.3. The number of fused-ring (bicyclic) bond motifs is 4. The molecule has 9 heteroatoms. The first-order valence-electron chi connectivity index (χ1n) is 19.1. The van der Waals surface area contributed by atoms with E-state index >= 15 is 0 Å². The number of aromatic nitrogens is 4. The van der Waals surface area contributed by atoms with Gasteiger partial charge < -0.3 is 15.0 Å². The van der Waals surface area contributed by atoms with Gasteiger partial charge in [-0.2, -0.15) is 0 Å². The van der Waals surface area contributed by atoms with Crippen molar-refractivity contribution in [2.45, 2.75) is 7.43 Å². The Bertz CT molecular complexity index is 2650. The van der Waals surface area contributed by atoms with Crippen molar-refractivity contribution >= 4 is 85.7 Å². The minimum atomic E-state index is 0. The number of hydrogen-bond acceptors (Lipinski definition) is 8. The van der Waals surface area contributed by atoms with Crippen LogP contribution < -0.4 is 0 Å². The number of rotatable bonds is 4. The molecule has 0 bridgehead atoms. The van der Waals surface area contributed by atoms with Crippen LogP contribution in [0.15, 0.2) is 201 Å². The molecule has 8 heterocycles. The first-order valence-corrected chi connectivity index (χ1v) is 22.4. The first kappa shape index (κ1) is 44.0. The molecule has 12 rings (SSSR count). The molecule has 0 fully saturated rings. The van der Waals surface area contributed by atoms with Crippen LogP contribution in [-0.2, 0) is 20.1 Å². The quantitative estimate of drug-likeness (QED) is 0.165. The largest absolute Gasteiger partial charge is 3.00 e. The van der Waals surface area contributed by atoms with Crippen molar-refractivity contribution in [3.05, 3.63) is 219 Å². The summed E-state index contributed by atoms with van der Waals surface area (Å²) in [4.78, 5) is 21.9. The molecule has 12 aromatic rings. The van der Waals surface area contributed by atoms with Gasteiger partial charge in [-0.3, -0.25) is 4.98 Å². The third kappa shape index (κ3) is 10.9. The van der Waals surface area contributed by atoms with Crippen LogP contribution in [0.1, 0.15) is 7.43 Å². The van der Waals surface area contributed by atoms with Crippen LogP contribution in [-0.4, -0.2) is 19.9 Å². The predicted molar refractivity (Wildman–Crippen MR) is 263 cm³/mol. The van der Waals surface area contributed by atoms with Crippen LogP contribution in [0.25, 0.3) is 82.6 Å². The van der Waals surface area contributed by atoms with E-state index in [0.717, 1.165) is 37.4 Å². The zero-order valence-corrected chi connectivity index (χ0v) is 38.0. The molecule has 0 saturated heterocycles. The van der Waals surface area contributed by atoms with Crippen molar-refractivity contribution in [2.24, 2.45) is 0 Å². The molecule has 302 valence electrons. The second kappa shape index (κ2) is 21.7. The number of benzene rings is 4. The van der Waals surface area contributed by atoms with E-state index in [1.165, 1.54) is 45.2 Å². The molecule has 62 heavy (non-hydrogen) atoms. The summed E-state index contributed by atoms with van der Waals surface area (Å²) in [6.07, 6.45) is 7.27. The summed E-state index contributed by atoms with van der Waals surface area (Å²) in [5, 5.41) is 4.80. The number of hydrogen-bond donors (Lipinski definition) is 0. The molecule has 0 aliphatic rings. The Balaban J connectivity index is 0.000000123. The fourth-order valence-electron chi connectivity index (χ4n) is 6.21. The van der Waals surface area contributed by atoms with Crippen molar-refractivity contribution in [1.82, 2.24) is 19.9 Å². The van der Waals surface area contributed by atoms with Gasteiger partial charge in [0.1, 0.15) is 0 Å². The maximum absolute atomic E-state index is 4.35. The average Bonchev–Trinajstić information content (AvgIpc) is 4.15. The van der Waals surface area contributed by atoms with E-state index in [2.05, 4.69) is 123 Å². The SMILES string of the molecule is C.[Ir+3].[c-]1c(-c2ccccn2)sc2ccccc12.[c-]1c(-c2ccccn2)sc2ccccc12.[c-]1c(-c2ccccn2)sc2ccccc12.c1ccc(-c2cc3ccccc3s2)nc1. The molecular formula is C53H37IrN4S4. The second-order valence-electron chi connectivity index (χ2n) is 13.2. The van der Waals surface area contributed by atoms with E-state index in [4.69, 9.17) is 0 Å². The van der Waals surface area contributed by atoms with Crippen LogP contribution in [0.4, 0.5) is 0 Å².